The summed E-state index contributed by atoms with van der Waals surface area (Å²) in [4.78, 5) is 27.7. The van der Waals surface area contributed by atoms with Crippen LogP contribution in [0.5, 0.6) is 6.01 Å². The van der Waals surface area contributed by atoms with Crippen LogP contribution in [0.3, 0.4) is 0 Å². The van der Waals surface area contributed by atoms with E-state index in [2.05, 4.69) is 19.9 Å². The number of hydrogen-bond acceptors (Lipinski definition) is 11. The van der Waals surface area contributed by atoms with Gasteiger partial charge in [-0.2, -0.15) is 0 Å². The molecule has 4 aromatic rings. The number of halogens is 2. The first-order valence-corrected chi connectivity index (χ1v) is 22.5. The van der Waals surface area contributed by atoms with Gasteiger partial charge >= 0.3 is 266 Å². The number of anilines is 1. The number of pyridine rings is 1. The van der Waals surface area contributed by atoms with Crippen LogP contribution in [0.2, 0.25) is 5.02 Å². The van der Waals surface area contributed by atoms with Crippen molar-refractivity contribution in [3.05, 3.63) is 34.9 Å². The molecule has 2 fully saturated rings. The molecule has 0 atom stereocenters. The number of rotatable bonds is 14. The van der Waals surface area contributed by atoms with Crippen LogP contribution < -0.4 is 9.80 Å². The molecule has 2 aliphatic rings. The molecule has 1 aromatic carbocycles. The summed E-state index contributed by atoms with van der Waals surface area (Å²) in [6.07, 6.45) is 8.41. The molecule has 255 valence electrons. The van der Waals surface area contributed by atoms with Gasteiger partial charge in [-0.3, -0.25) is 4.90 Å². The van der Waals surface area contributed by atoms with Gasteiger partial charge in [0.15, 0.2) is 0 Å². The van der Waals surface area contributed by atoms with Crippen LogP contribution >= 0.6 is 11.6 Å². The molecule has 0 aliphatic carbocycles. The van der Waals surface area contributed by atoms with Crippen molar-refractivity contribution in [2.24, 2.45) is 0 Å². The Morgan fingerprint density at radius 3 is 2.61 bits per heavy atom. The Kier molecular flexibility index (Phi) is 12.4. The van der Waals surface area contributed by atoms with Gasteiger partial charge in [-0.05, 0) is 45.7 Å². The van der Waals surface area contributed by atoms with Crippen molar-refractivity contribution in [2.45, 2.75) is 56.1 Å². The fourth-order valence-corrected chi connectivity index (χ4v) is 9.31. The van der Waals surface area contributed by atoms with Crippen LogP contribution in [0.15, 0.2) is 18.5 Å². The third-order valence-electron chi connectivity index (χ3n) is 9.18. The summed E-state index contributed by atoms with van der Waals surface area (Å²) >= 11 is 9.75. The predicted molar refractivity (Wildman–Crippen MR) is 185 cm³/mol. The van der Waals surface area contributed by atoms with Gasteiger partial charge in [-0.25, -0.2) is 0 Å². The fraction of sp³-hybridized carbons (Fsp3) is 0.531. The van der Waals surface area contributed by atoms with E-state index >= 15 is 4.39 Å². The van der Waals surface area contributed by atoms with Crippen molar-refractivity contribution in [3.63, 3.8) is 0 Å². The van der Waals surface area contributed by atoms with E-state index < -0.39 is 5.82 Å². The Hall–Kier alpha value is -0.884. The number of nitrogens with zero attached hydrogens (tertiary/aromatic N) is 7. The number of ether oxygens (including phenoxy) is 3. The topological polar surface area (TPSA) is 128 Å². The molecule has 0 unspecified atom stereocenters. The molecule has 3 aromatic heterocycles. The van der Waals surface area contributed by atoms with Crippen molar-refractivity contribution in [1.82, 2.24) is 29.6 Å². The second-order valence-corrected chi connectivity index (χ2v) is 43.9. The first-order chi connectivity index (χ1) is 23.4. The Bertz CT molecular complexity index is 1850. The van der Waals surface area contributed by atoms with Gasteiger partial charge in [-0.15, -0.1) is 0 Å². The summed E-state index contributed by atoms with van der Waals surface area (Å²) in [6, 6.07) is 1.89. The molecule has 0 saturated carbocycles. The minimum absolute atomic E-state index is 0.0135. The molecule has 2 saturated heterocycles. The number of carbonyl (C=O) groups is 1. The van der Waals surface area contributed by atoms with E-state index in [4.69, 9.17) is 30.9 Å². The van der Waals surface area contributed by atoms with Crippen LogP contribution in [0, 0.1) is 5.82 Å². The molecule has 2 aliphatic heterocycles. The van der Waals surface area contributed by atoms with Crippen LogP contribution in [0.1, 0.15) is 51.5 Å². The Morgan fingerprint density at radius 2 is 1.92 bits per heavy atom. The van der Waals surface area contributed by atoms with Crippen LogP contribution in [0.25, 0.3) is 33.1 Å². The van der Waals surface area contributed by atoms with Crippen molar-refractivity contribution >= 4 is 122 Å². The summed E-state index contributed by atoms with van der Waals surface area (Å²) in [7, 11) is 0. The summed E-state index contributed by atoms with van der Waals surface area (Å²) < 4.78 is 36.1. The first kappa shape index (κ1) is 37.9. The second kappa shape index (κ2) is 16.0. The Morgan fingerprint density at radius 1 is 1.16 bits per heavy atom. The molecule has 0 bridgehead atoms. The van der Waals surface area contributed by atoms with Crippen molar-refractivity contribution < 1.29 is 28.6 Å². The van der Waals surface area contributed by atoms with E-state index in [1.54, 1.807) is 6.20 Å². The maximum absolute atomic E-state index is 17.2. The van der Waals surface area contributed by atoms with Crippen molar-refractivity contribution in [3.8, 4) is 17.3 Å². The molecule has 12 nitrogen and oxygen atoms in total. The predicted octanol–water partition coefficient (Wildman–Crippen LogP) is 3.64. The van der Waals surface area contributed by atoms with E-state index in [-0.39, 0.29) is 57.9 Å². The van der Waals surface area contributed by atoms with Crippen molar-refractivity contribution in [2.75, 3.05) is 51.1 Å². The monoisotopic (exact) mass is 1280 g/mol. The number of hydrogen-bond donors (Lipinski definition) is 1. The average Bonchev–Trinajstić information content (AvgIpc) is 3.77. The fourth-order valence-electron chi connectivity index (χ4n) is 6.94. The first-order valence-electron chi connectivity index (χ1n) is 16.3. The second-order valence-electron chi connectivity index (χ2n) is 12.4. The number of aromatic nitrogens is 5. The quantitative estimate of drug-likeness (QED) is 0.0862. The molecular formula is C32H36ClFN7O5Pb3. The summed E-state index contributed by atoms with van der Waals surface area (Å²) in [6.45, 7) is 6.72. The van der Waals surface area contributed by atoms with Gasteiger partial charge in [0, 0.05) is 6.61 Å². The SMILES string of the molecule is CCOCCN(O)c1nc(OCC23CCCN2CCC3)nc2c(F)c(-c3c(CCCOC(C)=O)c(Cl)cc4c3cnn4[C]([Pb])([Pb])[Pb])ncc12. The van der Waals surface area contributed by atoms with Crippen molar-refractivity contribution in [1.29, 1.82) is 0 Å². The van der Waals surface area contributed by atoms with Crippen LogP contribution in [0.4, 0.5) is 10.2 Å². The van der Waals surface area contributed by atoms with Crippen LogP contribution in [-0.4, -0.2) is 170 Å². The number of esters is 1. The normalized spacial score (nSPS) is 16.1. The third kappa shape index (κ3) is 8.05. The third-order valence-corrected chi connectivity index (χ3v) is 12.0. The minimum atomic E-state index is -0.683. The van der Waals surface area contributed by atoms with Gasteiger partial charge in [0.05, 0.1) is 12.1 Å². The standard InChI is InChI=1S/C32H36ClFN7O5.3Pb/c1-4-44-15-13-41(43)30-23-17-35-29(26-21(8-5-14-45-20(2)42)24(33)16-25-22(26)18-36-39(25)3)27(34)28(23)37-31(38-30)46-19-32-9-6-11-40(32)12-7-10-32;;;/h16-18,43H,4-15,19H2,1-2H3;;;. The molecular weight excluding hydrogens is 1240 g/mol. The Labute approximate surface area is 336 Å². The zero-order chi connectivity index (χ0) is 34.9. The van der Waals surface area contributed by atoms with E-state index in [0.29, 0.717) is 42.2 Å². The van der Waals surface area contributed by atoms with E-state index in [9.17, 15) is 10.0 Å². The molecule has 1 N–H and O–H groups in total. The summed E-state index contributed by atoms with van der Waals surface area (Å²) in [5, 5.41) is 18.3. The van der Waals surface area contributed by atoms with Gasteiger partial charge in [0.2, 0.25) is 0 Å². The number of carbonyl (C=O) groups excluding carboxylic acids is 1. The molecule has 0 amide bonds. The summed E-state index contributed by atoms with van der Waals surface area (Å²) in [5.41, 5.74) is 1.99. The zero-order valence-electron chi connectivity index (χ0n) is 27.4. The number of hydroxylamine groups is 1. The van der Waals surface area contributed by atoms with Crippen LogP contribution in [-0.2, 0) is 18.9 Å². The zero-order valence-corrected chi connectivity index (χ0v) is 39.8. The molecule has 49 heavy (non-hydrogen) atoms. The molecule has 17 heteroatoms. The maximum atomic E-state index is 17.2. The Balaban J connectivity index is 1.49. The summed E-state index contributed by atoms with van der Waals surface area (Å²) in [5.74, 6) is -0.964. The molecule has 0 spiro atoms. The van der Waals surface area contributed by atoms with Gasteiger partial charge < -0.3 is 4.74 Å². The molecule has 6 rings (SSSR count). The van der Waals surface area contributed by atoms with Gasteiger partial charge in [0.25, 0.3) is 0 Å². The van der Waals surface area contributed by atoms with Gasteiger partial charge in [-0.1, -0.05) is 0 Å². The van der Waals surface area contributed by atoms with E-state index in [1.807, 2.05) is 17.7 Å². The average molecular weight is 1270 g/mol. The van der Waals surface area contributed by atoms with E-state index in [0.717, 1.165) is 132 Å². The number of benzene rings is 1. The number of fused-ring (bicyclic) bond motifs is 3. The van der Waals surface area contributed by atoms with E-state index in [1.165, 1.54) is 13.1 Å². The molecule has 5 heterocycles. The van der Waals surface area contributed by atoms with Gasteiger partial charge in [0.1, 0.15) is 0 Å². The molecule has 9 radical (unpaired) electrons.